The Hall–Kier alpha value is -2.83. The van der Waals surface area contributed by atoms with Gasteiger partial charge in [-0.05, 0) is 33.1 Å². The van der Waals surface area contributed by atoms with Crippen molar-refractivity contribution < 1.29 is 69.1 Å². The molecule has 3 heterocycles. The molecule has 15 nitrogen and oxygen atoms in total. The maximum absolute atomic E-state index is 12.8. The quantitative estimate of drug-likeness (QED) is 0.187. The molecule has 0 radical (unpaired) electrons. The molecule has 3 aliphatic heterocycles. The molecule has 0 aromatic rings. The third-order valence-corrected chi connectivity index (χ3v) is 9.66. The van der Waals surface area contributed by atoms with Gasteiger partial charge in [-0.3, -0.25) is 14.4 Å². The van der Waals surface area contributed by atoms with Crippen LogP contribution in [0.2, 0.25) is 0 Å². The molecule has 2 saturated heterocycles. The van der Waals surface area contributed by atoms with Crippen molar-refractivity contribution in [1.82, 2.24) is 0 Å². The third kappa shape index (κ3) is 12.9. The first-order valence-corrected chi connectivity index (χ1v) is 18.0. The van der Waals surface area contributed by atoms with Gasteiger partial charge >= 0.3 is 11.9 Å². The molecule has 52 heavy (non-hydrogen) atoms. The zero-order valence-corrected chi connectivity index (χ0v) is 30.1. The van der Waals surface area contributed by atoms with Crippen molar-refractivity contribution in [1.29, 1.82) is 0 Å². The van der Waals surface area contributed by atoms with Gasteiger partial charge in [-0.2, -0.15) is 0 Å². The molecule has 2 fully saturated rings. The molecule has 0 saturated carbocycles. The average molecular weight is 740 g/mol. The van der Waals surface area contributed by atoms with Crippen molar-refractivity contribution in [3.05, 3.63) is 48.6 Å². The smallest absolute Gasteiger partial charge is 0.311 e. The van der Waals surface area contributed by atoms with E-state index in [2.05, 4.69) is 0 Å². The van der Waals surface area contributed by atoms with Crippen LogP contribution in [0.25, 0.3) is 0 Å². The van der Waals surface area contributed by atoms with E-state index in [1.807, 2.05) is 0 Å². The number of hydrogen-bond acceptors (Lipinski definition) is 14. The number of carbonyl (C=O) groups excluding carboxylic acids is 2. The Morgan fingerprint density at radius 2 is 1.65 bits per heavy atom. The van der Waals surface area contributed by atoms with E-state index in [9.17, 15) is 50.1 Å². The number of allylic oxidation sites excluding steroid dienone is 6. The van der Waals surface area contributed by atoms with Gasteiger partial charge in [0.05, 0.1) is 54.7 Å². The van der Waals surface area contributed by atoms with Crippen LogP contribution in [0, 0.1) is 11.8 Å². The minimum atomic E-state index is -2.15. The molecular formula is C37H57NO14. The van der Waals surface area contributed by atoms with E-state index in [1.165, 1.54) is 0 Å². The number of Topliss-reactive ketones (excluding diaryl/α,β-unsaturated/α-hetero) is 1. The molecule has 9 N–H and O–H groups in total. The molecule has 2 bridgehead atoms. The second-order valence-corrected chi connectivity index (χ2v) is 14.1. The Bertz CT molecular complexity index is 1290. The van der Waals surface area contributed by atoms with E-state index >= 15 is 0 Å². The highest BCUT2D eigenvalue weighted by molar-refractivity contribution is 5.80. The fourth-order valence-corrected chi connectivity index (χ4v) is 6.72. The molecule has 14 atom stereocenters. The van der Waals surface area contributed by atoms with E-state index in [-0.39, 0.29) is 44.3 Å². The van der Waals surface area contributed by atoms with Crippen molar-refractivity contribution in [2.45, 2.75) is 152 Å². The number of ether oxygens (including phenoxy) is 4. The molecule has 294 valence electrons. The number of aliphatic hydroxyl groups excluding tert-OH is 5. The summed E-state index contributed by atoms with van der Waals surface area (Å²) in [4.78, 5) is 37.8. The third-order valence-electron chi connectivity index (χ3n) is 9.66. The maximum atomic E-state index is 12.8. The van der Waals surface area contributed by atoms with Gasteiger partial charge in [0.2, 0.25) is 0 Å². The van der Waals surface area contributed by atoms with Crippen molar-refractivity contribution >= 4 is 17.7 Å². The fourth-order valence-electron chi connectivity index (χ4n) is 6.72. The number of nitrogens with two attached hydrogens (primary N) is 1. The summed E-state index contributed by atoms with van der Waals surface area (Å²) in [5, 5.41) is 74.8. The summed E-state index contributed by atoms with van der Waals surface area (Å²) in [6, 6.07) is -1.10. The zero-order valence-electron chi connectivity index (χ0n) is 30.1. The zero-order chi connectivity index (χ0) is 38.6. The predicted molar refractivity (Wildman–Crippen MR) is 186 cm³/mol. The largest absolute Gasteiger partial charge is 0.481 e. The van der Waals surface area contributed by atoms with Crippen LogP contribution in [-0.2, 0) is 33.3 Å². The van der Waals surface area contributed by atoms with Crippen LogP contribution in [0.5, 0.6) is 0 Å². The van der Waals surface area contributed by atoms with Crippen molar-refractivity contribution in [3.63, 3.8) is 0 Å². The maximum Gasteiger partial charge on any atom is 0.311 e. The number of fused-ring (bicyclic) bond motifs is 2. The molecule has 2 unspecified atom stereocenters. The van der Waals surface area contributed by atoms with E-state index in [4.69, 9.17) is 24.7 Å². The number of carboxylic acid groups (broad SMARTS) is 1. The van der Waals surface area contributed by atoms with Crippen LogP contribution in [0.1, 0.15) is 78.6 Å². The molecule has 0 spiro atoms. The second-order valence-electron chi connectivity index (χ2n) is 14.1. The molecular weight excluding hydrogens is 682 g/mol. The van der Waals surface area contributed by atoms with Crippen LogP contribution in [0.4, 0.5) is 0 Å². The molecule has 0 aliphatic carbocycles. The number of carbonyl (C=O) groups is 3. The van der Waals surface area contributed by atoms with Gasteiger partial charge in [0.25, 0.3) is 0 Å². The number of aliphatic carboxylic acids is 1. The summed E-state index contributed by atoms with van der Waals surface area (Å²) >= 11 is 0. The summed E-state index contributed by atoms with van der Waals surface area (Å²) in [6.45, 7) is 5.00. The first kappa shape index (κ1) is 43.6. The Morgan fingerprint density at radius 3 is 2.33 bits per heavy atom. The van der Waals surface area contributed by atoms with Gasteiger partial charge in [0.1, 0.15) is 23.9 Å². The lowest BCUT2D eigenvalue weighted by Crippen LogP contribution is -2.61. The predicted octanol–water partition coefficient (Wildman–Crippen LogP) is 0.923. The summed E-state index contributed by atoms with van der Waals surface area (Å²) in [7, 11) is 0. The van der Waals surface area contributed by atoms with E-state index in [0.717, 1.165) is 0 Å². The van der Waals surface area contributed by atoms with Gasteiger partial charge in [0.15, 0.2) is 12.1 Å². The van der Waals surface area contributed by atoms with Crippen LogP contribution >= 0.6 is 0 Å². The van der Waals surface area contributed by atoms with Crippen molar-refractivity contribution in [2.24, 2.45) is 17.6 Å². The molecule has 3 aliphatic rings. The highest BCUT2D eigenvalue weighted by Gasteiger charge is 2.50. The molecule has 15 heteroatoms. The SMILES string of the molecule is CC[C@@H]1C(=O)O[C@H](C)C/C=C/C=C/C=C/C=C/C(O[C@@H]2O[C@H](C)[C@@H](O)[C@H](N)[C@@H]2O)CC2O[C@](O)(C[C@@H](O)CCCC(=O)C[C@H]1O)C[C@H](O)[C@H]2C(=O)O. The first-order chi connectivity index (χ1) is 24.5. The lowest BCUT2D eigenvalue weighted by atomic mass is 9.83. The van der Waals surface area contributed by atoms with Crippen LogP contribution in [-0.4, -0.2) is 127 Å². The summed E-state index contributed by atoms with van der Waals surface area (Å²) < 4.78 is 23.1. The van der Waals surface area contributed by atoms with Gasteiger partial charge in [-0.25, -0.2) is 0 Å². The molecule has 3 rings (SSSR count). The van der Waals surface area contributed by atoms with Crippen LogP contribution in [0.15, 0.2) is 48.6 Å². The number of ketones is 1. The number of rotatable bonds is 4. The second kappa shape index (κ2) is 20.6. The number of hydrogen-bond donors (Lipinski definition) is 8. The Morgan fingerprint density at radius 1 is 0.981 bits per heavy atom. The molecule has 0 aromatic heterocycles. The Labute approximate surface area is 304 Å². The molecule has 0 aromatic carbocycles. The van der Waals surface area contributed by atoms with E-state index < -0.39 is 110 Å². The number of cyclic esters (lactones) is 1. The highest BCUT2D eigenvalue weighted by Crippen LogP contribution is 2.38. The average Bonchev–Trinajstić information content (AvgIpc) is 3.04. The van der Waals surface area contributed by atoms with Gasteiger partial charge in [0, 0.05) is 38.5 Å². The summed E-state index contributed by atoms with van der Waals surface area (Å²) in [5.74, 6) is -6.84. The number of aliphatic hydroxyl groups is 6. The topological polar surface area (TPSA) is 256 Å². The standard InChI is InChI=1S/C37H57NO14/c1-4-26-27(41)17-23(39)14-12-15-24(40)19-37(48)20-28(42)30(34(45)46)29(52-37)18-25(51-36-33(44)31(38)32(43)22(3)50-36)16-11-9-7-5-6-8-10-13-21(2)49-35(26)47/h5-11,16,21-22,24-33,36,40-44,48H,4,12-15,17-20,38H2,1-3H3,(H,45,46)/b6-5+,9-7+,10-8+,16-11+/t21-,22-,24+,25?,26+,27-,28+,29?,30-,31+,32-,33+,36+,37-/m1/s1. The van der Waals surface area contributed by atoms with Crippen molar-refractivity contribution in [3.8, 4) is 0 Å². The van der Waals surface area contributed by atoms with Gasteiger partial charge < -0.3 is 60.4 Å². The minimum Gasteiger partial charge on any atom is -0.481 e. The normalized spacial score (nSPS) is 43.5. The summed E-state index contributed by atoms with van der Waals surface area (Å²) in [5.41, 5.74) is 5.98. The lowest BCUT2D eigenvalue weighted by Gasteiger charge is -2.45. The monoisotopic (exact) mass is 739 g/mol. The Balaban J connectivity index is 1.88. The van der Waals surface area contributed by atoms with Crippen molar-refractivity contribution in [2.75, 3.05) is 0 Å². The van der Waals surface area contributed by atoms with Crippen LogP contribution in [0.3, 0.4) is 0 Å². The minimum absolute atomic E-state index is 0.0197. The van der Waals surface area contributed by atoms with Gasteiger partial charge in [-0.1, -0.05) is 55.5 Å². The van der Waals surface area contributed by atoms with Gasteiger partial charge in [-0.15, -0.1) is 0 Å². The highest BCUT2D eigenvalue weighted by atomic mass is 16.7. The fraction of sp³-hybridized carbons (Fsp3) is 0.703. The Kier molecular flexibility index (Phi) is 17.2. The number of esters is 1. The lowest BCUT2D eigenvalue weighted by molar-refractivity contribution is -0.308. The summed E-state index contributed by atoms with van der Waals surface area (Å²) in [6.07, 6.45) is 1.33. The molecule has 0 amide bonds. The first-order valence-electron chi connectivity index (χ1n) is 18.0. The van der Waals surface area contributed by atoms with Crippen LogP contribution < -0.4 is 5.73 Å². The number of carboxylic acids is 1. The van der Waals surface area contributed by atoms with E-state index in [0.29, 0.717) is 6.42 Å². The van der Waals surface area contributed by atoms with E-state index in [1.54, 1.807) is 69.4 Å².